The summed E-state index contributed by atoms with van der Waals surface area (Å²) in [5.74, 6) is 1.32. The van der Waals surface area contributed by atoms with Crippen LogP contribution in [0.5, 0.6) is 0 Å². The minimum atomic E-state index is 0.444. The Labute approximate surface area is 138 Å². The maximum Gasteiger partial charge on any atom is 0.191 e. The summed E-state index contributed by atoms with van der Waals surface area (Å²) in [5, 5.41) is 10.9. The minimum absolute atomic E-state index is 0.444. The summed E-state index contributed by atoms with van der Waals surface area (Å²) in [6.07, 6.45) is 0.953. The zero-order chi connectivity index (χ0) is 16.0. The molecule has 5 nitrogen and oxygen atoms in total. The van der Waals surface area contributed by atoms with E-state index in [-0.39, 0.29) is 0 Å². The molecule has 1 heterocycles. The van der Waals surface area contributed by atoms with E-state index < -0.39 is 0 Å². The molecule has 0 aliphatic carbocycles. The number of nitrogens with one attached hydrogen (secondary N) is 2. The van der Waals surface area contributed by atoms with Gasteiger partial charge in [0.15, 0.2) is 5.96 Å². The fraction of sp³-hybridized carbons (Fsp3) is 0.688. The molecular formula is C16H29N3O2S. The van der Waals surface area contributed by atoms with Crippen molar-refractivity contribution in [3.63, 3.8) is 0 Å². The highest BCUT2D eigenvalue weighted by Gasteiger charge is 2.05. The lowest BCUT2D eigenvalue weighted by Crippen LogP contribution is -2.38. The van der Waals surface area contributed by atoms with Crippen LogP contribution in [-0.2, 0) is 9.47 Å². The molecule has 22 heavy (non-hydrogen) atoms. The normalized spacial score (nSPS) is 13.1. The van der Waals surface area contributed by atoms with Gasteiger partial charge >= 0.3 is 0 Å². The Bertz CT molecular complexity index is 396. The summed E-state index contributed by atoms with van der Waals surface area (Å²) in [6, 6.07) is 2.17. The highest BCUT2D eigenvalue weighted by Crippen LogP contribution is 2.18. The first-order chi connectivity index (χ1) is 10.8. The molecule has 1 rings (SSSR count). The van der Waals surface area contributed by atoms with E-state index in [1.54, 1.807) is 18.4 Å². The Hall–Kier alpha value is -1.11. The predicted molar refractivity (Wildman–Crippen MR) is 94.0 cm³/mol. The van der Waals surface area contributed by atoms with E-state index in [1.165, 1.54) is 5.56 Å². The minimum Gasteiger partial charge on any atom is -0.382 e. The van der Waals surface area contributed by atoms with Gasteiger partial charge in [-0.25, -0.2) is 0 Å². The second-order valence-electron chi connectivity index (χ2n) is 5.06. The van der Waals surface area contributed by atoms with Crippen LogP contribution in [0, 0.1) is 0 Å². The Kier molecular flexibility index (Phi) is 10.7. The van der Waals surface area contributed by atoms with Gasteiger partial charge in [-0.3, -0.25) is 4.99 Å². The summed E-state index contributed by atoms with van der Waals surface area (Å²) >= 11 is 1.73. The van der Waals surface area contributed by atoms with Crippen molar-refractivity contribution in [1.82, 2.24) is 10.6 Å². The van der Waals surface area contributed by atoms with Crippen molar-refractivity contribution in [2.75, 3.05) is 46.6 Å². The predicted octanol–water partition coefficient (Wildman–Crippen LogP) is 2.46. The number of ether oxygens (including phenoxy) is 2. The molecule has 1 aromatic rings. The Morgan fingerprint density at radius 2 is 2.18 bits per heavy atom. The number of thiophene rings is 1. The molecule has 0 aliphatic heterocycles. The molecule has 0 aliphatic rings. The largest absolute Gasteiger partial charge is 0.382 e. The van der Waals surface area contributed by atoms with E-state index in [0.717, 1.165) is 38.6 Å². The monoisotopic (exact) mass is 327 g/mol. The van der Waals surface area contributed by atoms with Crippen LogP contribution >= 0.6 is 11.3 Å². The van der Waals surface area contributed by atoms with Gasteiger partial charge in [-0.15, -0.1) is 0 Å². The Balaban J connectivity index is 2.24. The van der Waals surface area contributed by atoms with Gasteiger partial charge in [0.2, 0.25) is 0 Å². The Morgan fingerprint density at radius 1 is 1.32 bits per heavy atom. The summed E-state index contributed by atoms with van der Waals surface area (Å²) in [5.41, 5.74) is 1.36. The highest BCUT2D eigenvalue weighted by molar-refractivity contribution is 7.07. The highest BCUT2D eigenvalue weighted by atomic mass is 32.1. The van der Waals surface area contributed by atoms with Crippen molar-refractivity contribution < 1.29 is 9.47 Å². The molecule has 6 heteroatoms. The fourth-order valence-electron chi connectivity index (χ4n) is 1.86. The second-order valence-corrected chi connectivity index (χ2v) is 5.84. The number of hydrogen-bond acceptors (Lipinski definition) is 4. The number of guanidine groups is 1. The van der Waals surface area contributed by atoms with Gasteiger partial charge in [-0.1, -0.05) is 6.92 Å². The number of aliphatic imine (C=N–C) groups is 1. The zero-order valence-corrected chi connectivity index (χ0v) is 14.7. The molecule has 1 aromatic heterocycles. The van der Waals surface area contributed by atoms with E-state index in [1.807, 2.05) is 0 Å². The van der Waals surface area contributed by atoms with Crippen LogP contribution in [-0.4, -0.2) is 52.5 Å². The van der Waals surface area contributed by atoms with Crippen LogP contribution in [0.3, 0.4) is 0 Å². The lowest BCUT2D eigenvalue weighted by atomic mass is 10.1. The number of methoxy groups -OCH3 is 1. The van der Waals surface area contributed by atoms with Crippen molar-refractivity contribution in [1.29, 1.82) is 0 Å². The maximum absolute atomic E-state index is 5.44. The van der Waals surface area contributed by atoms with E-state index in [0.29, 0.717) is 19.1 Å². The molecule has 0 bridgehead atoms. The van der Waals surface area contributed by atoms with Crippen molar-refractivity contribution in [2.45, 2.75) is 26.2 Å². The smallest absolute Gasteiger partial charge is 0.191 e. The summed E-state index contributed by atoms with van der Waals surface area (Å²) in [4.78, 5) is 4.65. The number of rotatable bonds is 11. The van der Waals surface area contributed by atoms with Gasteiger partial charge in [0.1, 0.15) is 0 Å². The molecule has 1 unspecified atom stereocenters. The molecule has 0 saturated heterocycles. The maximum atomic E-state index is 5.44. The van der Waals surface area contributed by atoms with Gasteiger partial charge in [-0.2, -0.15) is 11.3 Å². The second kappa shape index (κ2) is 12.4. The third-order valence-electron chi connectivity index (χ3n) is 3.17. The van der Waals surface area contributed by atoms with Gasteiger partial charge in [0.25, 0.3) is 0 Å². The lowest BCUT2D eigenvalue weighted by molar-refractivity contribution is 0.0698. The summed E-state index contributed by atoms with van der Waals surface area (Å²) < 4.78 is 10.4. The van der Waals surface area contributed by atoms with Crippen molar-refractivity contribution in [3.05, 3.63) is 22.4 Å². The molecule has 0 radical (unpaired) electrons. The first-order valence-electron chi connectivity index (χ1n) is 7.88. The van der Waals surface area contributed by atoms with Crippen molar-refractivity contribution >= 4 is 17.3 Å². The molecule has 0 amide bonds. The van der Waals surface area contributed by atoms with E-state index in [9.17, 15) is 0 Å². The molecule has 126 valence electrons. The molecule has 2 N–H and O–H groups in total. The van der Waals surface area contributed by atoms with Gasteiger partial charge < -0.3 is 20.1 Å². The molecule has 0 aromatic carbocycles. The average Bonchev–Trinajstić information content (AvgIpc) is 3.05. The van der Waals surface area contributed by atoms with Crippen molar-refractivity contribution in [2.24, 2.45) is 4.99 Å². The third-order valence-corrected chi connectivity index (χ3v) is 3.87. The quantitative estimate of drug-likeness (QED) is 0.372. The first-order valence-corrected chi connectivity index (χ1v) is 8.83. The third kappa shape index (κ3) is 8.36. The van der Waals surface area contributed by atoms with Crippen LogP contribution in [0.25, 0.3) is 0 Å². The average molecular weight is 327 g/mol. The molecular weight excluding hydrogens is 298 g/mol. The van der Waals surface area contributed by atoms with Gasteiger partial charge in [-0.05, 0) is 35.7 Å². The van der Waals surface area contributed by atoms with Gasteiger partial charge in [0, 0.05) is 39.3 Å². The standard InChI is InChI=1S/C16H29N3O2S/c1-4-17-16(18-7-5-8-21-10-9-20-3)19-12-14(2)15-6-11-22-13-15/h6,11,13-14H,4-5,7-10,12H2,1-3H3,(H2,17,18,19). The molecule has 0 saturated carbocycles. The van der Waals surface area contributed by atoms with E-state index >= 15 is 0 Å². The molecule has 0 fully saturated rings. The van der Waals surface area contributed by atoms with Crippen LogP contribution < -0.4 is 10.6 Å². The first kappa shape index (κ1) is 18.9. The zero-order valence-electron chi connectivity index (χ0n) is 13.9. The molecule has 0 spiro atoms. The van der Waals surface area contributed by atoms with Gasteiger partial charge in [0.05, 0.1) is 13.2 Å². The molecule has 1 atom stereocenters. The van der Waals surface area contributed by atoms with Crippen LogP contribution in [0.4, 0.5) is 0 Å². The van der Waals surface area contributed by atoms with E-state index in [4.69, 9.17) is 9.47 Å². The van der Waals surface area contributed by atoms with Crippen molar-refractivity contribution in [3.8, 4) is 0 Å². The van der Waals surface area contributed by atoms with E-state index in [2.05, 4.69) is 46.3 Å². The topological polar surface area (TPSA) is 54.9 Å². The fourth-order valence-corrected chi connectivity index (χ4v) is 2.64. The number of nitrogens with zero attached hydrogens (tertiary/aromatic N) is 1. The number of hydrogen-bond donors (Lipinski definition) is 2. The lowest BCUT2D eigenvalue weighted by Gasteiger charge is -2.13. The van der Waals surface area contributed by atoms with Crippen LogP contribution in [0.2, 0.25) is 0 Å². The summed E-state index contributed by atoms with van der Waals surface area (Å²) in [6.45, 7) is 8.83. The SMILES string of the molecule is CCNC(=NCC(C)c1ccsc1)NCCCOCCOC. The Morgan fingerprint density at radius 3 is 2.86 bits per heavy atom. The van der Waals surface area contributed by atoms with Crippen LogP contribution in [0.15, 0.2) is 21.8 Å². The van der Waals surface area contributed by atoms with Crippen LogP contribution in [0.1, 0.15) is 31.7 Å². The summed E-state index contributed by atoms with van der Waals surface area (Å²) in [7, 11) is 1.68.